The van der Waals surface area contributed by atoms with Gasteiger partial charge in [-0.2, -0.15) is 9.29 Å². The molecule has 0 aliphatic carbocycles. The van der Waals surface area contributed by atoms with E-state index >= 15 is 0 Å². The van der Waals surface area contributed by atoms with Gasteiger partial charge in [0, 0.05) is 24.6 Å². The van der Waals surface area contributed by atoms with Crippen molar-refractivity contribution in [2.75, 3.05) is 25.5 Å². The van der Waals surface area contributed by atoms with Gasteiger partial charge in [-0.1, -0.05) is 38.1 Å². The molecule has 1 heterocycles. The Morgan fingerprint density at radius 3 is 2.33 bits per heavy atom. The first kappa shape index (κ1) is 24.4. The summed E-state index contributed by atoms with van der Waals surface area (Å²) in [6, 6.07) is 13.3. The first-order valence-electron chi connectivity index (χ1n) is 10.6. The van der Waals surface area contributed by atoms with Crippen molar-refractivity contribution in [1.82, 2.24) is 14.4 Å². The molecule has 3 rings (SSSR count). The first-order chi connectivity index (χ1) is 15.7. The second kappa shape index (κ2) is 10.6. The lowest BCUT2D eigenvalue weighted by atomic mass is 10.1. The molecule has 0 atom stereocenters. The molecule has 0 unspecified atom stereocenters. The second-order valence-electron chi connectivity index (χ2n) is 7.73. The van der Waals surface area contributed by atoms with Crippen molar-refractivity contribution in [3.63, 3.8) is 0 Å². The molecule has 1 aromatic heterocycles. The zero-order valence-electron chi connectivity index (χ0n) is 19.1. The summed E-state index contributed by atoms with van der Waals surface area (Å²) in [5, 5.41) is 6.72. The number of nitrogens with zero attached hydrogens (tertiary/aromatic N) is 3. The number of ether oxygens (including phenoxy) is 1. The maximum Gasteiger partial charge on any atom is 0.243 e. The largest absolute Gasteiger partial charge is 0.497 e. The first-order valence-corrected chi connectivity index (χ1v) is 12.0. The van der Waals surface area contributed by atoms with Crippen molar-refractivity contribution < 1.29 is 22.5 Å². The lowest BCUT2D eigenvalue weighted by Crippen LogP contribution is -2.37. The molecule has 0 aliphatic heterocycles. The van der Waals surface area contributed by atoms with Crippen LogP contribution in [-0.4, -0.2) is 49.0 Å². The minimum Gasteiger partial charge on any atom is -0.497 e. The number of aromatic nitrogens is 2. The van der Waals surface area contributed by atoms with Gasteiger partial charge < -0.3 is 14.6 Å². The van der Waals surface area contributed by atoms with Gasteiger partial charge in [-0.05, 0) is 42.0 Å². The maximum atomic E-state index is 12.9. The molecule has 33 heavy (non-hydrogen) atoms. The Hall–Kier alpha value is -3.24. The highest BCUT2D eigenvalue weighted by Gasteiger charge is 2.25. The maximum absolute atomic E-state index is 12.9. The van der Waals surface area contributed by atoms with Crippen molar-refractivity contribution in [3.8, 4) is 5.75 Å². The van der Waals surface area contributed by atoms with Crippen LogP contribution in [-0.2, 0) is 21.2 Å². The Kier molecular flexibility index (Phi) is 7.83. The molecular weight excluding hydrogens is 444 g/mol. The fraction of sp³-hybridized carbons (Fsp3) is 0.348. The summed E-state index contributed by atoms with van der Waals surface area (Å²) < 4.78 is 37.2. The summed E-state index contributed by atoms with van der Waals surface area (Å²) in [6.45, 7) is 5.51. The summed E-state index contributed by atoms with van der Waals surface area (Å²) in [4.78, 5) is 17.0. The fourth-order valence-corrected chi connectivity index (χ4v) is 4.49. The number of benzene rings is 2. The number of sulfonamides is 1. The van der Waals surface area contributed by atoms with Gasteiger partial charge in [0.05, 0.1) is 18.6 Å². The molecular formula is C23H28N4O5S. The van der Waals surface area contributed by atoms with E-state index in [-0.39, 0.29) is 23.9 Å². The third-order valence-electron chi connectivity index (χ3n) is 4.95. The van der Waals surface area contributed by atoms with Crippen LogP contribution in [0.4, 0.5) is 5.69 Å². The van der Waals surface area contributed by atoms with Crippen LogP contribution in [0.1, 0.15) is 44.0 Å². The normalized spacial score (nSPS) is 11.7. The number of likely N-dealkylation sites (N-methyl/N-ethyl adjacent to an activating group) is 1. The highest BCUT2D eigenvalue weighted by Crippen LogP contribution is 2.20. The van der Waals surface area contributed by atoms with E-state index in [1.807, 2.05) is 26.0 Å². The predicted octanol–water partition coefficient (Wildman–Crippen LogP) is 3.44. The number of hydrogen-bond acceptors (Lipinski definition) is 7. The standard InChI is InChI=1S/C23H28N4O5S/c1-5-27(33(29,30)20-12-10-19(31-4)11-13-20)15-22(28)24-18-8-6-17(7-9-18)14-21-25-23(16(2)3)32-26-21/h6-13,16H,5,14-15H2,1-4H3,(H,24,28). The molecule has 176 valence electrons. The third kappa shape index (κ3) is 6.17. The minimum absolute atomic E-state index is 0.101. The van der Waals surface area contributed by atoms with E-state index in [2.05, 4.69) is 15.5 Å². The van der Waals surface area contributed by atoms with Crippen LogP contribution in [0.5, 0.6) is 5.75 Å². The van der Waals surface area contributed by atoms with Crippen LogP contribution in [0.2, 0.25) is 0 Å². The van der Waals surface area contributed by atoms with Crippen LogP contribution in [0.15, 0.2) is 57.9 Å². The molecule has 1 amide bonds. The lowest BCUT2D eigenvalue weighted by molar-refractivity contribution is -0.116. The highest BCUT2D eigenvalue weighted by molar-refractivity contribution is 7.89. The van der Waals surface area contributed by atoms with E-state index in [9.17, 15) is 13.2 Å². The van der Waals surface area contributed by atoms with Gasteiger partial charge in [0.2, 0.25) is 21.8 Å². The average molecular weight is 473 g/mol. The van der Waals surface area contributed by atoms with E-state index in [1.165, 1.54) is 19.2 Å². The molecule has 0 aliphatic rings. The van der Waals surface area contributed by atoms with Crippen molar-refractivity contribution in [3.05, 3.63) is 65.8 Å². The van der Waals surface area contributed by atoms with Crippen LogP contribution in [0.25, 0.3) is 0 Å². The molecule has 0 saturated heterocycles. The SMILES string of the molecule is CCN(CC(=O)Nc1ccc(Cc2noc(C(C)C)n2)cc1)S(=O)(=O)c1ccc(OC)cc1. The lowest BCUT2D eigenvalue weighted by Gasteiger charge is -2.20. The fourth-order valence-electron chi connectivity index (χ4n) is 3.09. The zero-order chi connectivity index (χ0) is 24.0. The van der Waals surface area contributed by atoms with E-state index < -0.39 is 15.9 Å². The number of nitrogens with one attached hydrogen (secondary N) is 1. The zero-order valence-corrected chi connectivity index (χ0v) is 19.9. The van der Waals surface area contributed by atoms with Gasteiger partial charge in [0.15, 0.2) is 5.82 Å². The number of methoxy groups -OCH3 is 1. The molecule has 0 fully saturated rings. The Morgan fingerprint density at radius 2 is 1.79 bits per heavy atom. The molecule has 2 aromatic carbocycles. The van der Waals surface area contributed by atoms with Crippen molar-refractivity contribution in [2.45, 2.75) is 38.0 Å². The summed E-state index contributed by atoms with van der Waals surface area (Å²) in [5.41, 5.74) is 1.53. The minimum atomic E-state index is -3.81. The van der Waals surface area contributed by atoms with Gasteiger partial charge in [-0.3, -0.25) is 4.79 Å². The van der Waals surface area contributed by atoms with E-state index in [0.29, 0.717) is 29.6 Å². The van der Waals surface area contributed by atoms with Gasteiger partial charge >= 0.3 is 0 Å². The summed E-state index contributed by atoms with van der Waals surface area (Å²) in [7, 11) is -2.31. The smallest absolute Gasteiger partial charge is 0.243 e. The number of hydrogen-bond donors (Lipinski definition) is 1. The molecule has 0 bridgehead atoms. The van der Waals surface area contributed by atoms with Gasteiger partial charge in [-0.15, -0.1) is 0 Å². The van der Waals surface area contributed by atoms with Crippen LogP contribution >= 0.6 is 0 Å². The van der Waals surface area contributed by atoms with Gasteiger partial charge in [0.25, 0.3) is 0 Å². The van der Waals surface area contributed by atoms with Crippen molar-refractivity contribution in [1.29, 1.82) is 0 Å². The van der Waals surface area contributed by atoms with Crippen molar-refractivity contribution in [2.24, 2.45) is 0 Å². The summed E-state index contributed by atoms with van der Waals surface area (Å²) >= 11 is 0. The van der Waals surface area contributed by atoms with Crippen LogP contribution < -0.4 is 10.1 Å². The summed E-state index contributed by atoms with van der Waals surface area (Å²) in [6.07, 6.45) is 0.508. The van der Waals surface area contributed by atoms with Crippen LogP contribution in [0, 0.1) is 0 Å². The molecule has 3 aromatic rings. The van der Waals surface area contributed by atoms with Gasteiger partial charge in [-0.25, -0.2) is 8.42 Å². The number of carbonyl (C=O) groups is 1. The van der Waals surface area contributed by atoms with E-state index in [1.54, 1.807) is 31.2 Å². The van der Waals surface area contributed by atoms with E-state index in [4.69, 9.17) is 9.26 Å². The molecule has 0 saturated carbocycles. The third-order valence-corrected chi connectivity index (χ3v) is 6.88. The Bertz CT molecular complexity index is 1170. The van der Waals surface area contributed by atoms with Crippen molar-refractivity contribution >= 4 is 21.6 Å². The Balaban J connectivity index is 1.61. The van der Waals surface area contributed by atoms with Crippen LogP contribution in [0.3, 0.4) is 0 Å². The monoisotopic (exact) mass is 472 g/mol. The Morgan fingerprint density at radius 1 is 1.12 bits per heavy atom. The quantitative estimate of drug-likeness (QED) is 0.481. The summed E-state index contributed by atoms with van der Waals surface area (Å²) in [5.74, 6) is 1.48. The molecule has 0 spiro atoms. The average Bonchev–Trinajstić information content (AvgIpc) is 3.27. The molecule has 1 N–H and O–H groups in total. The Labute approximate surface area is 193 Å². The molecule has 0 radical (unpaired) electrons. The number of amides is 1. The number of rotatable bonds is 10. The van der Waals surface area contributed by atoms with E-state index in [0.717, 1.165) is 9.87 Å². The van der Waals surface area contributed by atoms with Gasteiger partial charge in [0.1, 0.15) is 5.75 Å². The number of anilines is 1. The highest BCUT2D eigenvalue weighted by atomic mass is 32.2. The molecule has 9 nitrogen and oxygen atoms in total. The second-order valence-corrected chi connectivity index (χ2v) is 9.67. The number of carbonyl (C=O) groups excluding carboxylic acids is 1. The topological polar surface area (TPSA) is 115 Å². The predicted molar refractivity (Wildman–Crippen MR) is 124 cm³/mol. The molecule has 10 heteroatoms.